The third-order valence-electron chi connectivity index (χ3n) is 4.60. The average Bonchev–Trinajstić information content (AvgIpc) is 2.87. The summed E-state index contributed by atoms with van der Waals surface area (Å²) in [6.07, 6.45) is 7.12. The van der Waals surface area contributed by atoms with Crippen LogP contribution in [-0.2, 0) is 11.2 Å². The van der Waals surface area contributed by atoms with Crippen LogP contribution in [0.4, 0.5) is 0 Å². The Hall–Kier alpha value is -2.43. The Bertz CT molecular complexity index is 744. The highest BCUT2D eigenvalue weighted by Gasteiger charge is 2.42. The fourth-order valence-electron chi connectivity index (χ4n) is 3.84. The van der Waals surface area contributed by atoms with Crippen molar-refractivity contribution in [3.05, 3.63) is 48.0 Å². The molecule has 2 aromatic rings. The van der Waals surface area contributed by atoms with Crippen LogP contribution in [0.3, 0.4) is 0 Å². The van der Waals surface area contributed by atoms with Gasteiger partial charge >= 0.3 is 0 Å². The van der Waals surface area contributed by atoms with E-state index in [4.69, 9.17) is 10.5 Å². The molecule has 0 radical (unpaired) electrons. The molecule has 2 N–H and O–H groups in total. The highest BCUT2D eigenvalue weighted by atomic mass is 16.5. The second-order valence-electron chi connectivity index (χ2n) is 6.25. The maximum atomic E-state index is 5.74. The van der Waals surface area contributed by atoms with Crippen LogP contribution in [0.5, 0.6) is 0 Å². The summed E-state index contributed by atoms with van der Waals surface area (Å²) >= 11 is 0. The van der Waals surface area contributed by atoms with E-state index in [0.29, 0.717) is 18.5 Å². The Balaban J connectivity index is 1.81. The van der Waals surface area contributed by atoms with Gasteiger partial charge in [0.15, 0.2) is 0 Å². The van der Waals surface area contributed by atoms with E-state index < -0.39 is 0 Å². The quantitative estimate of drug-likeness (QED) is 0.875. The van der Waals surface area contributed by atoms with Crippen molar-refractivity contribution in [2.75, 3.05) is 6.61 Å². The number of rotatable bonds is 1. The first-order chi connectivity index (χ1) is 10.7. The number of aromatic nitrogens is 2. The number of nitrogens with two attached hydrogens (primary N) is 1. The van der Waals surface area contributed by atoms with Crippen molar-refractivity contribution in [3.8, 4) is 11.1 Å². The summed E-state index contributed by atoms with van der Waals surface area (Å²) in [5.41, 5.74) is 10.5. The van der Waals surface area contributed by atoms with Gasteiger partial charge in [0.2, 0.25) is 0 Å². The number of hydrogen-bond donors (Lipinski definition) is 1. The van der Waals surface area contributed by atoms with Crippen LogP contribution in [0.25, 0.3) is 11.1 Å². The van der Waals surface area contributed by atoms with E-state index in [0.717, 1.165) is 18.4 Å². The molecule has 0 fully saturated rings. The van der Waals surface area contributed by atoms with E-state index in [-0.39, 0.29) is 5.54 Å². The van der Waals surface area contributed by atoms with Crippen molar-refractivity contribution in [1.29, 1.82) is 0 Å². The minimum atomic E-state index is -0.192. The zero-order valence-electron chi connectivity index (χ0n) is 12.5. The number of aliphatic imine (C=N–C) groups is 1. The maximum Gasteiger partial charge on any atom is 0.282 e. The molecule has 0 saturated heterocycles. The van der Waals surface area contributed by atoms with Gasteiger partial charge < -0.3 is 10.5 Å². The summed E-state index contributed by atoms with van der Waals surface area (Å²) in [7, 11) is 0. The molecule has 1 spiro atoms. The van der Waals surface area contributed by atoms with E-state index in [2.05, 4.69) is 40.1 Å². The molecule has 1 aromatic heterocycles. The fourth-order valence-corrected chi connectivity index (χ4v) is 3.84. The normalized spacial score (nSPS) is 26.4. The molecule has 0 saturated carbocycles. The molecular formula is C17H18N4O. The highest BCUT2D eigenvalue weighted by Crippen LogP contribution is 2.44. The molecule has 1 aromatic carbocycles. The molecule has 2 aliphatic rings. The molecule has 5 nitrogen and oxygen atoms in total. The zero-order chi connectivity index (χ0) is 15.2. The van der Waals surface area contributed by atoms with Crippen molar-refractivity contribution < 1.29 is 4.74 Å². The largest absolute Gasteiger partial charge is 0.463 e. The number of nitrogens with zero attached hydrogens (tertiary/aromatic N) is 3. The number of hydrogen-bond acceptors (Lipinski definition) is 5. The molecule has 5 heteroatoms. The number of benzene rings is 1. The van der Waals surface area contributed by atoms with Crippen LogP contribution in [0.2, 0.25) is 0 Å². The summed E-state index contributed by atoms with van der Waals surface area (Å²) in [5.74, 6) is 0.387. The summed E-state index contributed by atoms with van der Waals surface area (Å²) < 4.78 is 5.43. The molecule has 2 atom stereocenters. The molecule has 22 heavy (non-hydrogen) atoms. The van der Waals surface area contributed by atoms with Gasteiger partial charge in [-0.15, -0.1) is 0 Å². The lowest BCUT2D eigenvalue weighted by Crippen LogP contribution is -2.37. The monoisotopic (exact) mass is 294 g/mol. The van der Waals surface area contributed by atoms with Gasteiger partial charge in [0.05, 0.1) is 0 Å². The Labute approximate surface area is 129 Å². The second kappa shape index (κ2) is 4.80. The second-order valence-corrected chi connectivity index (χ2v) is 6.25. The summed E-state index contributed by atoms with van der Waals surface area (Å²) in [4.78, 5) is 12.9. The van der Waals surface area contributed by atoms with Crippen molar-refractivity contribution in [1.82, 2.24) is 9.97 Å². The molecule has 0 bridgehead atoms. The minimum Gasteiger partial charge on any atom is -0.463 e. The van der Waals surface area contributed by atoms with Crippen LogP contribution < -0.4 is 5.73 Å². The summed E-state index contributed by atoms with van der Waals surface area (Å²) in [6, 6.07) is 6.75. The third kappa shape index (κ3) is 2.04. The molecule has 4 rings (SSSR count). The predicted molar refractivity (Wildman–Crippen MR) is 84.5 cm³/mol. The third-order valence-corrected chi connectivity index (χ3v) is 4.60. The van der Waals surface area contributed by atoms with E-state index in [1.807, 2.05) is 12.4 Å². The molecule has 112 valence electrons. The van der Waals surface area contributed by atoms with Crippen molar-refractivity contribution in [3.63, 3.8) is 0 Å². The first-order valence-corrected chi connectivity index (χ1v) is 7.52. The number of ether oxygens (including phenoxy) is 1. The van der Waals surface area contributed by atoms with E-state index >= 15 is 0 Å². The van der Waals surface area contributed by atoms with Crippen LogP contribution in [0, 0.1) is 0 Å². The first kappa shape index (κ1) is 13.2. The van der Waals surface area contributed by atoms with Crippen molar-refractivity contribution >= 4 is 6.02 Å². The molecule has 2 unspecified atom stereocenters. The van der Waals surface area contributed by atoms with Crippen LogP contribution in [0.15, 0.2) is 41.9 Å². The zero-order valence-corrected chi connectivity index (χ0v) is 12.5. The lowest BCUT2D eigenvalue weighted by Gasteiger charge is -2.35. The molecule has 0 amide bonds. The van der Waals surface area contributed by atoms with Gasteiger partial charge in [0, 0.05) is 24.4 Å². The smallest absolute Gasteiger partial charge is 0.282 e. The van der Waals surface area contributed by atoms with Gasteiger partial charge in [-0.05, 0) is 29.0 Å². The van der Waals surface area contributed by atoms with Gasteiger partial charge in [-0.2, -0.15) is 0 Å². The maximum absolute atomic E-state index is 5.74. The van der Waals surface area contributed by atoms with Crippen LogP contribution in [-0.4, -0.2) is 28.1 Å². The van der Waals surface area contributed by atoms with E-state index in [9.17, 15) is 0 Å². The van der Waals surface area contributed by atoms with Crippen molar-refractivity contribution in [2.45, 2.75) is 31.2 Å². The Kier molecular flexibility index (Phi) is 2.89. The molecule has 1 aliphatic heterocycles. The van der Waals surface area contributed by atoms with Crippen LogP contribution in [0.1, 0.15) is 30.4 Å². The standard InChI is InChI=1S/C17H18N4O/c1-11-5-17(9-22-16(18)21-17)6-12-3-2-4-14(15(11)12)13-7-19-10-20-8-13/h2-4,7-8,10-11H,5-6,9H2,1H3,(H2,18,21). The van der Waals surface area contributed by atoms with Gasteiger partial charge in [-0.25, -0.2) is 15.0 Å². The van der Waals surface area contributed by atoms with Crippen LogP contribution >= 0.6 is 0 Å². The van der Waals surface area contributed by atoms with Gasteiger partial charge in [-0.1, -0.05) is 25.1 Å². The van der Waals surface area contributed by atoms with Gasteiger partial charge in [0.25, 0.3) is 6.02 Å². The predicted octanol–water partition coefficient (Wildman–Crippen LogP) is 2.28. The molecular weight excluding hydrogens is 276 g/mol. The topological polar surface area (TPSA) is 73.4 Å². The van der Waals surface area contributed by atoms with Gasteiger partial charge in [-0.3, -0.25) is 0 Å². The SMILES string of the molecule is CC1CC2(COC(N)=N2)Cc2cccc(-c3cncnc3)c21. The Morgan fingerprint density at radius 2 is 2.09 bits per heavy atom. The Morgan fingerprint density at radius 3 is 2.82 bits per heavy atom. The Morgan fingerprint density at radius 1 is 1.27 bits per heavy atom. The fraction of sp³-hybridized carbons (Fsp3) is 0.353. The van der Waals surface area contributed by atoms with E-state index in [1.165, 1.54) is 16.7 Å². The number of fused-ring (bicyclic) bond motifs is 1. The summed E-state index contributed by atoms with van der Waals surface area (Å²) in [5, 5.41) is 0. The van der Waals surface area contributed by atoms with Gasteiger partial charge in [0.1, 0.15) is 18.5 Å². The molecule has 1 aliphatic carbocycles. The minimum absolute atomic E-state index is 0.192. The summed E-state index contributed by atoms with van der Waals surface area (Å²) in [6.45, 7) is 2.83. The highest BCUT2D eigenvalue weighted by molar-refractivity contribution is 5.74. The molecule has 2 heterocycles. The van der Waals surface area contributed by atoms with E-state index in [1.54, 1.807) is 6.33 Å². The first-order valence-electron chi connectivity index (χ1n) is 7.52. The lowest BCUT2D eigenvalue weighted by molar-refractivity contribution is 0.225. The average molecular weight is 294 g/mol. The lowest BCUT2D eigenvalue weighted by atomic mass is 9.71. The number of amidine groups is 1. The van der Waals surface area contributed by atoms with Crippen molar-refractivity contribution in [2.24, 2.45) is 10.7 Å².